The van der Waals surface area contributed by atoms with Gasteiger partial charge in [-0.05, 0) is 61.9 Å². The highest BCUT2D eigenvalue weighted by Crippen LogP contribution is 2.29. The van der Waals surface area contributed by atoms with Crippen LogP contribution >= 0.6 is 0 Å². The van der Waals surface area contributed by atoms with Gasteiger partial charge in [0, 0.05) is 19.6 Å². The molecule has 2 heterocycles. The van der Waals surface area contributed by atoms with Gasteiger partial charge >= 0.3 is 0 Å². The average Bonchev–Trinajstić information content (AvgIpc) is 3.21. The number of amides is 1. The van der Waals surface area contributed by atoms with Crippen LogP contribution in [0.2, 0.25) is 0 Å². The topological polar surface area (TPSA) is 23.6 Å². The number of likely N-dealkylation sites (tertiary alicyclic amines) is 2. The number of carbonyl (C=O) groups excluding carboxylic acids is 1. The third-order valence-electron chi connectivity index (χ3n) is 6.21. The molecule has 0 bridgehead atoms. The molecule has 0 N–H and O–H groups in total. The minimum atomic E-state index is -1.59. The van der Waals surface area contributed by atoms with Gasteiger partial charge in [0.05, 0.1) is 5.56 Å². The van der Waals surface area contributed by atoms with E-state index < -0.39 is 28.9 Å². The Labute approximate surface area is 169 Å². The summed E-state index contributed by atoms with van der Waals surface area (Å²) in [4.78, 5) is 16.5. The van der Waals surface area contributed by atoms with E-state index in [1.807, 2.05) is 6.07 Å². The van der Waals surface area contributed by atoms with Crippen LogP contribution in [0.1, 0.15) is 41.1 Å². The second-order valence-electron chi connectivity index (χ2n) is 8.11. The monoisotopic (exact) mass is 402 g/mol. The maximum absolute atomic E-state index is 13.9. The zero-order chi connectivity index (χ0) is 20.4. The van der Waals surface area contributed by atoms with Crippen LogP contribution in [-0.4, -0.2) is 48.4 Å². The molecule has 4 rings (SSSR count). The van der Waals surface area contributed by atoms with Gasteiger partial charge in [0.15, 0.2) is 17.5 Å². The van der Waals surface area contributed by atoms with Gasteiger partial charge in [-0.25, -0.2) is 13.2 Å². The number of carbonyl (C=O) groups is 1. The minimum Gasteiger partial charge on any atom is -0.338 e. The molecule has 2 aliphatic heterocycles. The van der Waals surface area contributed by atoms with Gasteiger partial charge in [0.2, 0.25) is 0 Å². The van der Waals surface area contributed by atoms with E-state index >= 15 is 0 Å². The van der Waals surface area contributed by atoms with Crippen molar-refractivity contribution in [2.24, 2.45) is 5.92 Å². The molecule has 2 aromatic carbocycles. The van der Waals surface area contributed by atoms with E-state index in [2.05, 4.69) is 29.2 Å². The first kappa shape index (κ1) is 20.0. The fourth-order valence-corrected chi connectivity index (χ4v) is 4.57. The molecule has 0 aliphatic carbocycles. The molecule has 0 saturated carbocycles. The number of piperidine rings is 1. The minimum absolute atomic E-state index is 0.320. The van der Waals surface area contributed by atoms with Gasteiger partial charge in [-0.1, -0.05) is 30.3 Å². The Balaban J connectivity index is 1.30. The number of hydrogen-bond acceptors (Lipinski definition) is 2. The molecular formula is C23H25F3N2O. The zero-order valence-electron chi connectivity index (χ0n) is 16.3. The molecule has 0 radical (unpaired) electrons. The van der Waals surface area contributed by atoms with Crippen molar-refractivity contribution < 1.29 is 18.0 Å². The van der Waals surface area contributed by atoms with Crippen molar-refractivity contribution in [3.8, 4) is 0 Å². The summed E-state index contributed by atoms with van der Waals surface area (Å²) in [6.07, 6.45) is 3.09. The van der Waals surface area contributed by atoms with Crippen LogP contribution < -0.4 is 0 Å². The van der Waals surface area contributed by atoms with E-state index in [0.717, 1.165) is 51.0 Å². The van der Waals surface area contributed by atoms with E-state index in [-0.39, 0.29) is 0 Å². The summed E-state index contributed by atoms with van der Waals surface area (Å²) >= 11 is 0. The van der Waals surface area contributed by atoms with Crippen LogP contribution in [0.4, 0.5) is 13.2 Å². The highest BCUT2D eigenvalue weighted by molar-refractivity contribution is 5.94. The van der Waals surface area contributed by atoms with Crippen molar-refractivity contribution in [2.75, 3.05) is 32.7 Å². The van der Waals surface area contributed by atoms with Crippen LogP contribution in [0, 0.1) is 23.4 Å². The normalized spacial score (nSPS) is 20.9. The molecule has 154 valence electrons. The van der Waals surface area contributed by atoms with Crippen LogP contribution in [-0.2, 0) is 0 Å². The SMILES string of the molecule is O=C(c1ccc(F)c(F)c1F)N1CCC(CN2CCC(c3ccccc3)CC2)C1. The Kier molecular flexibility index (Phi) is 5.90. The molecule has 1 amide bonds. The second kappa shape index (κ2) is 8.57. The summed E-state index contributed by atoms with van der Waals surface area (Å²) in [7, 11) is 0. The molecule has 3 nitrogen and oxygen atoms in total. The molecule has 1 atom stereocenters. The lowest BCUT2D eigenvalue weighted by molar-refractivity contribution is 0.0776. The Hall–Kier alpha value is -2.34. The Bertz CT molecular complexity index is 866. The standard InChI is InChI=1S/C23H25F3N2O/c24-20-7-6-19(21(25)22(20)26)23(29)28-13-8-16(15-28)14-27-11-9-18(10-12-27)17-4-2-1-3-5-17/h1-7,16,18H,8-15H2. The number of hydrogen-bond donors (Lipinski definition) is 0. The van der Waals surface area contributed by atoms with Gasteiger partial charge < -0.3 is 9.80 Å². The Morgan fingerprint density at radius 2 is 1.62 bits per heavy atom. The van der Waals surface area contributed by atoms with E-state index in [4.69, 9.17) is 0 Å². The molecule has 6 heteroatoms. The summed E-state index contributed by atoms with van der Waals surface area (Å²) in [6, 6.07) is 12.4. The van der Waals surface area contributed by atoms with Crippen molar-refractivity contribution in [2.45, 2.75) is 25.2 Å². The summed E-state index contributed by atoms with van der Waals surface area (Å²) in [5.74, 6) is -3.91. The lowest BCUT2D eigenvalue weighted by Gasteiger charge is -2.33. The van der Waals surface area contributed by atoms with Gasteiger partial charge in [0.25, 0.3) is 5.91 Å². The number of benzene rings is 2. The molecule has 29 heavy (non-hydrogen) atoms. The molecular weight excluding hydrogens is 377 g/mol. The molecule has 1 unspecified atom stereocenters. The summed E-state index contributed by atoms with van der Waals surface area (Å²) in [6.45, 7) is 4.01. The average molecular weight is 402 g/mol. The van der Waals surface area contributed by atoms with Crippen LogP contribution in [0.15, 0.2) is 42.5 Å². The van der Waals surface area contributed by atoms with Crippen LogP contribution in [0.3, 0.4) is 0 Å². The maximum atomic E-state index is 13.9. The molecule has 2 saturated heterocycles. The summed E-state index contributed by atoms with van der Waals surface area (Å²) < 4.78 is 40.5. The van der Waals surface area contributed by atoms with Gasteiger partial charge in [-0.15, -0.1) is 0 Å². The van der Waals surface area contributed by atoms with Crippen molar-refractivity contribution in [1.29, 1.82) is 0 Å². The fraction of sp³-hybridized carbons (Fsp3) is 0.435. The third-order valence-corrected chi connectivity index (χ3v) is 6.21. The zero-order valence-corrected chi connectivity index (χ0v) is 16.3. The van der Waals surface area contributed by atoms with E-state index in [9.17, 15) is 18.0 Å². The molecule has 2 aromatic rings. The maximum Gasteiger partial charge on any atom is 0.256 e. The highest BCUT2D eigenvalue weighted by atomic mass is 19.2. The van der Waals surface area contributed by atoms with Crippen molar-refractivity contribution in [3.05, 3.63) is 71.0 Å². The molecule has 0 aromatic heterocycles. The smallest absolute Gasteiger partial charge is 0.256 e. The van der Waals surface area contributed by atoms with E-state index in [1.165, 1.54) is 5.56 Å². The summed E-state index contributed by atoms with van der Waals surface area (Å²) in [5, 5.41) is 0. The highest BCUT2D eigenvalue weighted by Gasteiger charge is 2.31. The van der Waals surface area contributed by atoms with Gasteiger partial charge in [-0.2, -0.15) is 0 Å². The van der Waals surface area contributed by atoms with Gasteiger partial charge in [-0.3, -0.25) is 4.79 Å². The van der Waals surface area contributed by atoms with Crippen molar-refractivity contribution in [3.63, 3.8) is 0 Å². The largest absolute Gasteiger partial charge is 0.338 e. The fourth-order valence-electron chi connectivity index (χ4n) is 4.57. The molecule has 2 aliphatic rings. The number of rotatable bonds is 4. The quantitative estimate of drug-likeness (QED) is 0.706. The van der Waals surface area contributed by atoms with Crippen LogP contribution in [0.25, 0.3) is 0 Å². The Morgan fingerprint density at radius 3 is 2.34 bits per heavy atom. The lowest BCUT2D eigenvalue weighted by atomic mass is 9.89. The first-order chi connectivity index (χ1) is 14.0. The third kappa shape index (κ3) is 4.32. The van der Waals surface area contributed by atoms with Crippen LogP contribution in [0.5, 0.6) is 0 Å². The lowest BCUT2D eigenvalue weighted by Crippen LogP contribution is -2.38. The predicted octanol–water partition coefficient (Wildman–Crippen LogP) is 4.45. The first-order valence-corrected chi connectivity index (χ1v) is 10.2. The van der Waals surface area contributed by atoms with E-state index in [0.29, 0.717) is 24.9 Å². The number of halogens is 3. The Morgan fingerprint density at radius 1 is 0.897 bits per heavy atom. The second-order valence-corrected chi connectivity index (χ2v) is 8.11. The predicted molar refractivity (Wildman–Crippen MR) is 105 cm³/mol. The van der Waals surface area contributed by atoms with Crippen molar-refractivity contribution >= 4 is 5.91 Å². The van der Waals surface area contributed by atoms with E-state index in [1.54, 1.807) is 4.90 Å². The summed E-state index contributed by atoms with van der Waals surface area (Å²) in [5.41, 5.74) is 1.01. The molecule has 2 fully saturated rings. The molecule has 0 spiro atoms. The van der Waals surface area contributed by atoms with Gasteiger partial charge in [0.1, 0.15) is 0 Å². The first-order valence-electron chi connectivity index (χ1n) is 10.2. The van der Waals surface area contributed by atoms with Crippen molar-refractivity contribution in [1.82, 2.24) is 9.80 Å². The number of nitrogens with zero attached hydrogens (tertiary/aromatic N) is 2.